The monoisotopic (exact) mass is 564 g/mol. The van der Waals surface area contributed by atoms with E-state index in [9.17, 15) is 14.4 Å². The van der Waals surface area contributed by atoms with Gasteiger partial charge in [-0.2, -0.15) is 0 Å². The third kappa shape index (κ3) is 5.46. The normalized spacial score (nSPS) is 19.1. The molecule has 3 aromatic rings. The maximum absolute atomic E-state index is 14.0. The number of fused-ring (bicyclic) bond motifs is 2. The maximum atomic E-state index is 14.0. The van der Waals surface area contributed by atoms with Crippen molar-refractivity contribution in [2.75, 3.05) is 29.9 Å². The highest BCUT2D eigenvalue weighted by molar-refractivity contribution is 6.20. The summed E-state index contributed by atoms with van der Waals surface area (Å²) in [5.41, 5.74) is 5.14. The number of hydrogen-bond acceptors (Lipinski definition) is 4. The molecule has 0 radical (unpaired) electrons. The van der Waals surface area contributed by atoms with Crippen LogP contribution in [0.15, 0.2) is 83.9 Å². The molecule has 2 N–H and O–H groups in total. The van der Waals surface area contributed by atoms with Crippen LogP contribution in [0.2, 0.25) is 0 Å². The van der Waals surface area contributed by atoms with Crippen LogP contribution < -0.4 is 15.5 Å². The first kappa shape index (κ1) is 27.5. The number of carbonyl (C=O) groups is 3. The van der Waals surface area contributed by atoms with Crippen LogP contribution in [0.25, 0.3) is 0 Å². The fraction of sp³-hybridized carbons (Fsp3) is 0.333. The summed E-state index contributed by atoms with van der Waals surface area (Å²) >= 11 is 0. The van der Waals surface area contributed by atoms with Crippen molar-refractivity contribution in [3.8, 4) is 0 Å². The van der Waals surface area contributed by atoms with Crippen LogP contribution in [-0.2, 0) is 11.3 Å². The van der Waals surface area contributed by atoms with Gasteiger partial charge in [0.2, 0.25) is 6.17 Å². The molecule has 0 aromatic heterocycles. The molecule has 3 heterocycles. The summed E-state index contributed by atoms with van der Waals surface area (Å²) in [6, 6.07) is 25.0. The molecule has 1 atom stereocenters. The number of anilines is 2. The second-order valence-corrected chi connectivity index (χ2v) is 11.5. The van der Waals surface area contributed by atoms with E-state index in [1.54, 1.807) is 9.80 Å². The van der Waals surface area contributed by atoms with Crippen LogP contribution in [0.4, 0.5) is 21.0 Å². The molecule has 216 valence electrons. The third-order valence-electron chi connectivity index (χ3n) is 8.12. The highest BCUT2D eigenvalue weighted by Crippen LogP contribution is 2.30. The second kappa shape index (κ2) is 11.7. The fourth-order valence-corrected chi connectivity index (χ4v) is 6.01. The molecule has 9 nitrogen and oxygen atoms in total. The lowest BCUT2D eigenvalue weighted by molar-refractivity contribution is -0.120. The summed E-state index contributed by atoms with van der Waals surface area (Å²) in [5, 5.41) is 5.93. The molecule has 1 saturated heterocycles. The van der Waals surface area contributed by atoms with E-state index in [-0.39, 0.29) is 29.9 Å². The lowest BCUT2D eigenvalue weighted by Crippen LogP contribution is -2.55. The van der Waals surface area contributed by atoms with E-state index in [0.29, 0.717) is 44.7 Å². The van der Waals surface area contributed by atoms with E-state index >= 15 is 0 Å². The van der Waals surface area contributed by atoms with Crippen molar-refractivity contribution in [2.24, 2.45) is 10.9 Å². The number of amides is 5. The molecule has 9 heteroatoms. The second-order valence-electron chi connectivity index (χ2n) is 11.5. The van der Waals surface area contributed by atoms with Gasteiger partial charge in [0.15, 0.2) is 0 Å². The van der Waals surface area contributed by atoms with Gasteiger partial charge in [0, 0.05) is 49.0 Å². The number of benzene rings is 3. The Kier molecular flexibility index (Phi) is 7.65. The molecule has 0 bridgehead atoms. The highest BCUT2D eigenvalue weighted by Gasteiger charge is 2.36. The number of rotatable bonds is 5. The van der Waals surface area contributed by atoms with E-state index in [4.69, 9.17) is 4.99 Å². The van der Waals surface area contributed by atoms with Crippen LogP contribution in [0.5, 0.6) is 0 Å². The van der Waals surface area contributed by atoms with Crippen LogP contribution in [0.3, 0.4) is 0 Å². The zero-order valence-corrected chi connectivity index (χ0v) is 24.0. The summed E-state index contributed by atoms with van der Waals surface area (Å²) < 4.78 is 0. The minimum Gasteiger partial charge on any atom is -0.325 e. The van der Waals surface area contributed by atoms with Gasteiger partial charge in [0.25, 0.3) is 5.91 Å². The number of carbonyl (C=O) groups excluding carboxylic acids is 3. The van der Waals surface area contributed by atoms with Crippen LogP contribution in [0, 0.1) is 5.92 Å². The summed E-state index contributed by atoms with van der Waals surface area (Å²) in [4.78, 5) is 50.6. The largest absolute Gasteiger partial charge is 0.325 e. The Labute approximate surface area is 246 Å². The summed E-state index contributed by atoms with van der Waals surface area (Å²) in [6.45, 7) is 6.16. The first-order valence-electron chi connectivity index (χ1n) is 14.6. The van der Waals surface area contributed by atoms with Crippen molar-refractivity contribution in [1.29, 1.82) is 0 Å². The highest BCUT2D eigenvalue weighted by atomic mass is 16.2. The SMILES string of the molecule is CC(C)CN1C(=O)[C@@H](NC(=O)N2CCC(N3Cc4ccccc4NC3=O)CC2)N=C(c2ccccc2)c2ccccc21. The van der Waals surface area contributed by atoms with Gasteiger partial charge >= 0.3 is 12.1 Å². The van der Waals surface area contributed by atoms with E-state index in [0.717, 1.165) is 28.1 Å². The minimum absolute atomic E-state index is 0.0284. The number of aliphatic imine (C=N–C) groups is 1. The average molecular weight is 565 g/mol. The standard InChI is InChI=1S/C33H36N6O3/c1-22(2)20-39-28-15-9-7-13-26(28)29(23-10-4-3-5-11-23)35-30(31(39)40)36-32(41)37-18-16-25(17-19-37)38-21-24-12-6-8-14-27(24)34-33(38)42/h3-15,22,25,30H,16-21H2,1-2H3,(H,34,42)(H,36,41)/t30-/m1/s1. The number of para-hydroxylation sites is 2. The molecule has 3 aromatic carbocycles. The van der Waals surface area contributed by atoms with Gasteiger partial charge in [-0.25, -0.2) is 14.6 Å². The molecular weight excluding hydrogens is 528 g/mol. The molecule has 5 amide bonds. The van der Waals surface area contributed by atoms with Crippen molar-refractivity contribution in [3.05, 3.63) is 95.6 Å². The van der Waals surface area contributed by atoms with Crippen LogP contribution in [-0.4, -0.2) is 65.3 Å². The molecule has 0 saturated carbocycles. The van der Waals surface area contributed by atoms with Crippen LogP contribution in [0.1, 0.15) is 43.4 Å². The summed E-state index contributed by atoms with van der Waals surface area (Å²) in [7, 11) is 0. The maximum Gasteiger partial charge on any atom is 0.322 e. The van der Waals surface area contributed by atoms with Crippen molar-refractivity contribution in [2.45, 2.75) is 45.4 Å². The number of nitrogens with one attached hydrogen (secondary N) is 2. The van der Waals surface area contributed by atoms with Gasteiger partial charge in [0.05, 0.1) is 11.4 Å². The Morgan fingerprint density at radius 2 is 1.64 bits per heavy atom. The number of nitrogens with zero attached hydrogens (tertiary/aromatic N) is 4. The Morgan fingerprint density at radius 1 is 0.952 bits per heavy atom. The third-order valence-corrected chi connectivity index (χ3v) is 8.12. The zero-order chi connectivity index (χ0) is 29.2. The van der Waals surface area contributed by atoms with Gasteiger partial charge in [-0.1, -0.05) is 80.6 Å². The molecule has 3 aliphatic heterocycles. The summed E-state index contributed by atoms with van der Waals surface area (Å²) in [6.07, 6.45) is 0.247. The molecule has 3 aliphatic rings. The van der Waals surface area contributed by atoms with E-state index in [1.165, 1.54) is 0 Å². The van der Waals surface area contributed by atoms with Gasteiger partial charge < -0.3 is 25.3 Å². The van der Waals surface area contributed by atoms with E-state index < -0.39 is 6.17 Å². The van der Waals surface area contributed by atoms with Gasteiger partial charge in [0.1, 0.15) is 0 Å². The average Bonchev–Trinajstić information content (AvgIpc) is 3.12. The number of piperidine rings is 1. The topological polar surface area (TPSA) is 97.4 Å². The quantitative estimate of drug-likeness (QED) is 0.453. The van der Waals surface area contributed by atoms with Gasteiger partial charge in [-0.15, -0.1) is 0 Å². The van der Waals surface area contributed by atoms with Gasteiger partial charge in [-0.3, -0.25) is 4.79 Å². The molecule has 0 aliphatic carbocycles. The first-order chi connectivity index (χ1) is 20.4. The molecule has 42 heavy (non-hydrogen) atoms. The predicted molar refractivity (Wildman–Crippen MR) is 164 cm³/mol. The molecule has 6 rings (SSSR count). The zero-order valence-electron chi connectivity index (χ0n) is 24.0. The predicted octanol–water partition coefficient (Wildman–Crippen LogP) is 5.07. The Balaban J connectivity index is 1.20. The number of likely N-dealkylation sites (tertiary alicyclic amines) is 1. The minimum atomic E-state index is -1.07. The van der Waals surface area contributed by atoms with Crippen molar-refractivity contribution < 1.29 is 14.4 Å². The summed E-state index contributed by atoms with van der Waals surface area (Å²) in [5.74, 6) is -0.0383. The van der Waals surface area contributed by atoms with Crippen molar-refractivity contribution >= 4 is 35.1 Å². The fourth-order valence-electron chi connectivity index (χ4n) is 6.01. The van der Waals surface area contributed by atoms with Crippen molar-refractivity contribution in [1.82, 2.24) is 15.1 Å². The number of urea groups is 2. The molecule has 1 fully saturated rings. The Morgan fingerprint density at radius 3 is 2.40 bits per heavy atom. The molecule has 0 unspecified atom stereocenters. The Hall–Kier alpha value is -4.66. The number of benzodiazepines with no additional fused rings is 1. The lowest BCUT2D eigenvalue weighted by Gasteiger charge is -2.40. The van der Waals surface area contributed by atoms with E-state index in [2.05, 4.69) is 24.5 Å². The smallest absolute Gasteiger partial charge is 0.322 e. The van der Waals surface area contributed by atoms with E-state index in [1.807, 2.05) is 83.8 Å². The first-order valence-corrected chi connectivity index (χ1v) is 14.6. The molecule has 0 spiro atoms. The number of hydrogen-bond donors (Lipinski definition) is 2. The Bertz CT molecular complexity index is 1510. The lowest BCUT2D eigenvalue weighted by atomic mass is 10.00. The molecular formula is C33H36N6O3. The van der Waals surface area contributed by atoms with Gasteiger partial charge in [-0.05, 0) is 36.5 Å². The van der Waals surface area contributed by atoms with Crippen LogP contribution >= 0.6 is 0 Å². The van der Waals surface area contributed by atoms with Crippen molar-refractivity contribution in [3.63, 3.8) is 0 Å².